The highest BCUT2D eigenvalue weighted by atomic mass is 16.5. The van der Waals surface area contributed by atoms with Crippen molar-refractivity contribution in [1.82, 2.24) is 19.5 Å². The van der Waals surface area contributed by atoms with Gasteiger partial charge in [-0.25, -0.2) is 9.97 Å². The Morgan fingerprint density at radius 1 is 1.04 bits per heavy atom. The van der Waals surface area contributed by atoms with Crippen molar-refractivity contribution in [3.63, 3.8) is 0 Å². The lowest BCUT2D eigenvalue weighted by Crippen LogP contribution is -2.20. The molecule has 1 aliphatic heterocycles. The molecular formula is C23H22N4O. The number of H-pyrrole nitrogens is 1. The maximum Gasteiger partial charge on any atom is 0.110 e. The Morgan fingerprint density at radius 3 is 2.68 bits per heavy atom. The summed E-state index contributed by atoms with van der Waals surface area (Å²) in [6.45, 7) is 3.50. The molecule has 1 N–H and O–H groups in total. The van der Waals surface area contributed by atoms with Gasteiger partial charge in [-0.2, -0.15) is 0 Å². The van der Waals surface area contributed by atoms with E-state index in [-0.39, 0.29) is 6.10 Å². The smallest absolute Gasteiger partial charge is 0.110 e. The van der Waals surface area contributed by atoms with Gasteiger partial charge in [0.1, 0.15) is 11.8 Å². The van der Waals surface area contributed by atoms with Crippen LogP contribution in [0.2, 0.25) is 0 Å². The Morgan fingerprint density at radius 2 is 1.86 bits per heavy atom. The van der Waals surface area contributed by atoms with E-state index in [0.717, 1.165) is 41.4 Å². The van der Waals surface area contributed by atoms with E-state index < -0.39 is 0 Å². The molecule has 0 saturated carbocycles. The molecular weight excluding hydrogens is 348 g/mol. The summed E-state index contributed by atoms with van der Waals surface area (Å²) in [6.07, 6.45) is 4.63. The predicted octanol–water partition coefficient (Wildman–Crippen LogP) is 4.56. The van der Waals surface area contributed by atoms with Crippen molar-refractivity contribution in [3.05, 3.63) is 84.1 Å². The van der Waals surface area contributed by atoms with Crippen molar-refractivity contribution < 1.29 is 4.74 Å². The molecule has 0 radical (unpaired) electrons. The molecule has 1 atom stereocenters. The Balaban J connectivity index is 1.60. The number of hydrogen-bond donors (Lipinski definition) is 1. The van der Waals surface area contributed by atoms with Gasteiger partial charge in [0.2, 0.25) is 0 Å². The Labute approximate surface area is 164 Å². The summed E-state index contributed by atoms with van der Waals surface area (Å²) in [4.78, 5) is 12.5. The molecule has 0 fully saturated rings. The lowest BCUT2D eigenvalue weighted by atomic mass is 9.97. The first kappa shape index (κ1) is 17.0. The number of rotatable bonds is 4. The number of aromatic nitrogens is 4. The maximum atomic E-state index is 6.15. The van der Waals surface area contributed by atoms with Gasteiger partial charge in [0.15, 0.2) is 0 Å². The van der Waals surface area contributed by atoms with Crippen LogP contribution in [-0.2, 0) is 17.7 Å². The summed E-state index contributed by atoms with van der Waals surface area (Å²) < 4.78 is 8.33. The molecule has 0 saturated heterocycles. The Bertz CT molecular complexity index is 1100. The van der Waals surface area contributed by atoms with Crippen LogP contribution in [0.1, 0.15) is 22.9 Å². The minimum Gasteiger partial charge on any atom is -0.371 e. The van der Waals surface area contributed by atoms with E-state index in [1.165, 1.54) is 11.1 Å². The number of aryl methyl sites for hydroxylation is 1. The quantitative estimate of drug-likeness (QED) is 0.573. The van der Waals surface area contributed by atoms with Crippen LogP contribution in [0, 0.1) is 6.92 Å². The number of ether oxygens (including phenoxy) is 1. The highest BCUT2D eigenvalue weighted by molar-refractivity contribution is 5.77. The van der Waals surface area contributed by atoms with E-state index in [1.54, 1.807) is 6.33 Å². The van der Waals surface area contributed by atoms with E-state index in [0.29, 0.717) is 6.54 Å². The second kappa shape index (κ2) is 7.09. The number of imidazole rings is 2. The average Bonchev–Trinajstić information content (AvgIpc) is 3.34. The Kier molecular flexibility index (Phi) is 4.29. The monoisotopic (exact) mass is 370 g/mol. The zero-order chi connectivity index (χ0) is 18.9. The first-order valence-electron chi connectivity index (χ1n) is 9.61. The second-order valence-electron chi connectivity index (χ2n) is 7.14. The lowest BCUT2D eigenvalue weighted by Gasteiger charge is -2.27. The zero-order valence-corrected chi connectivity index (χ0v) is 15.8. The van der Waals surface area contributed by atoms with Gasteiger partial charge < -0.3 is 14.3 Å². The number of benzene rings is 2. The summed E-state index contributed by atoms with van der Waals surface area (Å²) in [5.41, 5.74) is 7.66. The van der Waals surface area contributed by atoms with E-state index in [9.17, 15) is 0 Å². The lowest BCUT2D eigenvalue weighted by molar-refractivity contribution is 0.0309. The fourth-order valence-corrected chi connectivity index (χ4v) is 3.98. The minimum atomic E-state index is 0.0146. The summed E-state index contributed by atoms with van der Waals surface area (Å²) in [5, 5.41) is 0. The molecule has 3 heterocycles. The van der Waals surface area contributed by atoms with Crippen molar-refractivity contribution in [2.75, 3.05) is 6.61 Å². The molecule has 0 bridgehead atoms. The SMILES string of the molecule is Cc1[nH]cnc1-c1c(-c2ccccc2)ncn1CC1OCCc2ccccc21. The molecule has 1 aliphatic rings. The van der Waals surface area contributed by atoms with Gasteiger partial charge in [0, 0.05) is 11.3 Å². The molecule has 5 heteroatoms. The van der Waals surface area contributed by atoms with Crippen molar-refractivity contribution in [2.45, 2.75) is 26.0 Å². The Hall–Kier alpha value is -3.18. The standard InChI is InChI=1S/C23H22N4O/c1-16-21(25-14-24-16)23-22(18-8-3-2-4-9-18)26-15-27(23)13-20-19-10-6-5-7-17(19)11-12-28-20/h2-10,14-15,20H,11-13H2,1H3,(H,24,25). The largest absolute Gasteiger partial charge is 0.371 e. The third-order valence-corrected chi connectivity index (χ3v) is 5.39. The van der Waals surface area contributed by atoms with Gasteiger partial charge in [-0.15, -0.1) is 0 Å². The molecule has 5 rings (SSSR count). The van der Waals surface area contributed by atoms with Crippen LogP contribution < -0.4 is 0 Å². The van der Waals surface area contributed by atoms with Gasteiger partial charge in [0.05, 0.1) is 37.2 Å². The molecule has 5 nitrogen and oxygen atoms in total. The average molecular weight is 370 g/mol. The van der Waals surface area contributed by atoms with Crippen molar-refractivity contribution in [1.29, 1.82) is 0 Å². The summed E-state index contributed by atoms with van der Waals surface area (Å²) >= 11 is 0. The molecule has 4 aromatic rings. The van der Waals surface area contributed by atoms with Crippen LogP contribution >= 0.6 is 0 Å². The predicted molar refractivity (Wildman–Crippen MR) is 109 cm³/mol. The zero-order valence-electron chi connectivity index (χ0n) is 15.8. The van der Waals surface area contributed by atoms with E-state index in [2.05, 4.69) is 50.9 Å². The first-order valence-corrected chi connectivity index (χ1v) is 9.61. The van der Waals surface area contributed by atoms with Crippen LogP contribution in [0.25, 0.3) is 22.6 Å². The van der Waals surface area contributed by atoms with Crippen LogP contribution in [0.5, 0.6) is 0 Å². The third-order valence-electron chi connectivity index (χ3n) is 5.39. The van der Waals surface area contributed by atoms with Crippen LogP contribution in [-0.4, -0.2) is 26.1 Å². The topological polar surface area (TPSA) is 55.7 Å². The molecule has 1 unspecified atom stereocenters. The van der Waals surface area contributed by atoms with E-state index in [4.69, 9.17) is 9.72 Å². The fourth-order valence-electron chi connectivity index (χ4n) is 3.98. The number of fused-ring (bicyclic) bond motifs is 1. The van der Waals surface area contributed by atoms with Gasteiger partial charge in [0.25, 0.3) is 0 Å². The third kappa shape index (κ3) is 2.94. The summed E-state index contributed by atoms with van der Waals surface area (Å²) in [7, 11) is 0. The number of nitrogens with one attached hydrogen (secondary N) is 1. The van der Waals surface area contributed by atoms with Crippen molar-refractivity contribution >= 4 is 0 Å². The number of nitrogens with zero attached hydrogens (tertiary/aromatic N) is 3. The highest BCUT2D eigenvalue weighted by Crippen LogP contribution is 2.34. The van der Waals surface area contributed by atoms with Gasteiger partial charge in [-0.05, 0) is 24.5 Å². The maximum absolute atomic E-state index is 6.15. The molecule has 28 heavy (non-hydrogen) atoms. The van der Waals surface area contributed by atoms with Crippen molar-refractivity contribution in [2.24, 2.45) is 0 Å². The summed E-state index contributed by atoms with van der Waals surface area (Å²) in [6, 6.07) is 18.8. The molecule has 140 valence electrons. The molecule has 0 aliphatic carbocycles. The van der Waals surface area contributed by atoms with E-state index in [1.807, 2.05) is 31.5 Å². The number of hydrogen-bond acceptors (Lipinski definition) is 3. The van der Waals surface area contributed by atoms with Gasteiger partial charge >= 0.3 is 0 Å². The normalized spacial score (nSPS) is 16.1. The van der Waals surface area contributed by atoms with Gasteiger partial charge in [-0.3, -0.25) is 0 Å². The van der Waals surface area contributed by atoms with Gasteiger partial charge in [-0.1, -0.05) is 54.6 Å². The van der Waals surface area contributed by atoms with Crippen LogP contribution in [0.4, 0.5) is 0 Å². The van der Waals surface area contributed by atoms with Crippen LogP contribution in [0.3, 0.4) is 0 Å². The number of aromatic amines is 1. The molecule has 0 spiro atoms. The fraction of sp³-hybridized carbons (Fsp3) is 0.217. The highest BCUT2D eigenvalue weighted by Gasteiger charge is 2.24. The van der Waals surface area contributed by atoms with E-state index >= 15 is 0 Å². The van der Waals surface area contributed by atoms with Crippen molar-refractivity contribution in [3.8, 4) is 22.6 Å². The molecule has 2 aromatic heterocycles. The van der Waals surface area contributed by atoms with Crippen LogP contribution in [0.15, 0.2) is 67.3 Å². The molecule has 0 amide bonds. The first-order chi connectivity index (χ1) is 13.8. The minimum absolute atomic E-state index is 0.0146. The summed E-state index contributed by atoms with van der Waals surface area (Å²) in [5.74, 6) is 0. The second-order valence-corrected chi connectivity index (χ2v) is 7.14. The molecule has 2 aromatic carbocycles.